The maximum absolute atomic E-state index is 12.9. The summed E-state index contributed by atoms with van der Waals surface area (Å²) in [7, 11) is 1.73. The second-order valence-electron chi connectivity index (χ2n) is 7.20. The first-order valence-electron chi connectivity index (χ1n) is 9.11. The lowest BCUT2D eigenvalue weighted by atomic mass is 10.1. The van der Waals surface area contributed by atoms with Crippen LogP contribution in [0.5, 0.6) is 5.88 Å². The van der Waals surface area contributed by atoms with Gasteiger partial charge in [-0.2, -0.15) is 18.2 Å². The lowest BCUT2D eigenvalue weighted by Crippen LogP contribution is -2.51. The highest BCUT2D eigenvalue weighted by Gasteiger charge is 2.37. The number of alkyl halides is 3. The molecule has 0 aliphatic carbocycles. The van der Waals surface area contributed by atoms with Gasteiger partial charge >= 0.3 is 6.18 Å². The van der Waals surface area contributed by atoms with Crippen LogP contribution in [0.3, 0.4) is 0 Å². The van der Waals surface area contributed by atoms with Gasteiger partial charge in [0.05, 0.1) is 13.2 Å². The highest BCUT2D eigenvalue weighted by Crippen LogP contribution is 2.29. The Bertz CT molecular complexity index is 1130. The van der Waals surface area contributed by atoms with Crippen molar-refractivity contribution in [1.82, 2.24) is 24.5 Å². The molecule has 31 heavy (non-hydrogen) atoms. The predicted molar refractivity (Wildman–Crippen MR) is 101 cm³/mol. The average molecular weight is 434 g/mol. The van der Waals surface area contributed by atoms with E-state index in [1.165, 1.54) is 12.1 Å². The minimum atomic E-state index is -4.64. The minimum Gasteiger partial charge on any atom is -0.466 e. The van der Waals surface area contributed by atoms with Crippen molar-refractivity contribution in [2.24, 2.45) is 7.05 Å². The number of aromatic nitrogens is 5. The first-order chi connectivity index (χ1) is 14.6. The molecule has 0 saturated carbocycles. The number of nitrogens with one attached hydrogen (secondary N) is 1. The molecule has 3 aromatic heterocycles. The van der Waals surface area contributed by atoms with Gasteiger partial charge in [-0.25, -0.2) is 9.97 Å². The molecular formula is C19H17F3N6O3. The zero-order valence-corrected chi connectivity index (χ0v) is 16.5. The smallest absolute Gasteiger partial charge is 0.433 e. The largest absolute Gasteiger partial charge is 0.466 e. The molecule has 0 aromatic carbocycles. The number of anilines is 1. The molecule has 3 aromatic rings. The maximum Gasteiger partial charge on any atom is 0.433 e. The Morgan fingerprint density at radius 2 is 2.00 bits per heavy atom. The van der Waals surface area contributed by atoms with Crippen LogP contribution in [0.4, 0.5) is 18.9 Å². The van der Waals surface area contributed by atoms with E-state index in [0.717, 1.165) is 12.3 Å². The number of hydrogen-bond acceptors (Lipinski definition) is 7. The molecule has 4 rings (SSSR count). The van der Waals surface area contributed by atoms with Crippen molar-refractivity contribution in [2.45, 2.75) is 18.7 Å². The molecule has 0 bridgehead atoms. The van der Waals surface area contributed by atoms with Gasteiger partial charge in [-0.3, -0.25) is 9.78 Å². The summed E-state index contributed by atoms with van der Waals surface area (Å²) in [6, 6.07) is 3.30. The predicted octanol–water partition coefficient (Wildman–Crippen LogP) is 2.71. The Hall–Kier alpha value is -3.54. The van der Waals surface area contributed by atoms with Crippen molar-refractivity contribution in [3.63, 3.8) is 0 Å². The second-order valence-corrected chi connectivity index (χ2v) is 7.20. The van der Waals surface area contributed by atoms with Crippen LogP contribution in [-0.4, -0.2) is 49.2 Å². The molecule has 9 nitrogen and oxygen atoms in total. The number of imidazole rings is 1. The third-order valence-electron chi connectivity index (χ3n) is 4.43. The molecule has 1 amide bonds. The molecule has 1 N–H and O–H groups in total. The molecule has 0 atom stereocenters. The van der Waals surface area contributed by atoms with Gasteiger partial charge < -0.3 is 19.4 Å². The molecule has 4 heterocycles. The van der Waals surface area contributed by atoms with Crippen LogP contribution in [0.15, 0.2) is 36.8 Å². The normalized spacial score (nSPS) is 15.3. The number of aryl methyl sites for hydroxylation is 1. The van der Waals surface area contributed by atoms with Crippen molar-refractivity contribution >= 4 is 11.6 Å². The fraction of sp³-hybridized carbons (Fsp3) is 0.316. The van der Waals surface area contributed by atoms with Crippen molar-refractivity contribution in [3.05, 3.63) is 48.2 Å². The van der Waals surface area contributed by atoms with E-state index in [4.69, 9.17) is 9.47 Å². The van der Waals surface area contributed by atoms with Gasteiger partial charge in [0.25, 0.3) is 5.91 Å². The summed E-state index contributed by atoms with van der Waals surface area (Å²) in [5, 5.41) is 2.40. The third kappa shape index (κ3) is 4.48. The van der Waals surface area contributed by atoms with Crippen LogP contribution in [0.25, 0.3) is 11.6 Å². The fourth-order valence-corrected chi connectivity index (χ4v) is 2.83. The molecule has 162 valence electrons. The summed E-state index contributed by atoms with van der Waals surface area (Å²) < 4.78 is 51.4. The van der Waals surface area contributed by atoms with Gasteiger partial charge in [0.15, 0.2) is 17.2 Å². The molecule has 0 radical (unpaired) electrons. The molecule has 1 aliphatic heterocycles. The van der Waals surface area contributed by atoms with E-state index >= 15 is 0 Å². The lowest BCUT2D eigenvalue weighted by molar-refractivity contribution is -0.151. The summed E-state index contributed by atoms with van der Waals surface area (Å²) in [6.07, 6.45) is -0.447. The number of ether oxygens (including phenoxy) is 2. The lowest BCUT2D eigenvalue weighted by Gasteiger charge is -2.37. The van der Waals surface area contributed by atoms with Crippen LogP contribution in [0, 0.1) is 0 Å². The van der Waals surface area contributed by atoms with Crippen LogP contribution in [0.1, 0.15) is 23.1 Å². The van der Waals surface area contributed by atoms with Crippen molar-refractivity contribution in [2.75, 3.05) is 18.5 Å². The van der Waals surface area contributed by atoms with Crippen molar-refractivity contribution in [1.29, 1.82) is 0 Å². The van der Waals surface area contributed by atoms with Crippen LogP contribution < -0.4 is 10.1 Å². The zero-order chi connectivity index (χ0) is 22.2. The van der Waals surface area contributed by atoms with E-state index in [-0.39, 0.29) is 23.1 Å². The van der Waals surface area contributed by atoms with E-state index in [2.05, 4.69) is 25.3 Å². The summed E-state index contributed by atoms with van der Waals surface area (Å²) in [5.74, 6) is -0.103. The van der Waals surface area contributed by atoms with Gasteiger partial charge in [-0.15, -0.1) is 0 Å². The fourth-order valence-electron chi connectivity index (χ4n) is 2.83. The second kappa shape index (κ2) is 7.61. The highest BCUT2D eigenvalue weighted by atomic mass is 19.4. The van der Waals surface area contributed by atoms with E-state index in [9.17, 15) is 18.0 Å². The Kier molecular flexibility index (Phi) is 5.09. The summed E-state index contributed by atoms with van der Waals surface area (Å²) in [4.78, 5) is 28.8. The Balaban J connectivity index is 1.66. The topological polar surface area (TPSA) is 104 Å². The molecule has 1 saturated heterocycles. The standard InChI is InChI=1S/C19H17F3N6O3/c1-18(9-30-10-18)31-14-8-12(26-15(27-14)16-24-5-6-28(16)2)17(29)25-11-3-4-23-13(7-11)19(20,21)22/h3-8H,9-10H2,1-2H3,(H,23,25,29). The SMILES string of the molecule is Cn1ccnc1-c1nc(OC2(C)COC2)cc(C(=O)Nc2ccnc(C(F)(F)F)c2)n1. The number of halogens is 3. The number of carbonyl (C=O) groups excluding carboxylic acids is 1. The van der Waals surface area contributed by atoms with E-state index < -0.39 is 23.4 Å². The molecule has 1 aliphatic rings. The van der Waals surface area contributed by atoms with Gasteiger partial charge in [0, 0.05) is 37.4 Å². The molecule has 0 unspecified atom stereocenters. The monoisotopic (exact) mass is 434 g/mol. The molecular weight excluding hydrogens is 417 g/mol. The number of rotatable bonds is 5. The first-order valence-corrected chi connectivity index (χ1v) is 9.11. The summed E-state index contributed by atoms with van der Waals surface area (Å²) in [5.41, 5.74) is -1.90. The average Bonchev–Trinajstić information content (AvgIpc) is 3.12. The van der Waals surface area contributed by atoms with Gasteiger partial charge in [-0.05, 0) is 19.1 Å². The number of pyridine rings is 1. The minimum absolute atomic E-state index is 0.0775. The van der Waals surface area contributed by atoms with Gasteiger partial charge in [0.1, 0.15) is 11.4 Å². The van der Waals surface area contributed by atoms with Crippen LogP contribution in [0.2, 0.25) is 0 Å². The first kappa shape index (κ1) is 20.7. The van der Waals surface area contributed by atoms with Crippen LogP contribution >= 0.6 is 0 Å². The zero-order valence-electron chi connectivity index (χ0n) is 16.5. The Morgan fingerprint density at radius 1 is 1.23 bits per heavy atom. The Labute approximate surface area is 174 Å². The van der Waals surface area contributed by atoms with Crippen LogP contribution in [-0.2, 0) is 18.0 Å². The molecule has 12 heteroatoms. The number of carbonyl (C=O) groups is 1. The van der Waals surface area contributed by atoms with Crippen molar-refractivity contribution < 1.29 is 27.4 Å². The number of amides is 1. The molecule has 1 fully saturated rings. The third-order valence-corrected chi connectivity index (χ3v) is 4.43. The number of hydrogen-bond donors (Lipinski definition) is 1. The van der Waals surface area contributed by atoms with Gasteiger partial charge in [0.2, 0.25) is 5.88 Å². The maximum atomic E-state index is 12.9. The quantitative estimate of drug-likeness (QED) is 0.658. The van der Waals surface area contributed by atoms with Crippen molar-refractivity contribution in [3.8, 4) is 17.5 Å². The summed E-state index contributed by atoms with van der Waals surface area (Å²) >= 11 is 0. The highest BCUT2D eigenvalue weighted by molar-refractivity contribution is 6.03. The van der Waals surface area contributed by atoms with E-state index in [1.807, 2.05) is 6.92 Å². The van der Waals surface area contributed by atoms with Gasteiger partial charge in [-0.1, -0.05) is 0 Å². The summed E-state index contributed by atoms with van der Waals surface area (Å²) in [6.45, 7) is 2.54. The molecule has 0 spiro atoms. The van der Waals surface area contributed by atoms with E-state index in [0.29, 0.717) is 19.0 Å². The number of nitrogens with zero attached hydrogens (tertiary/aromatic N) is 5. The Morgan fingerprint density at radius 3 is 2.61 bits per heavy atom. The van der Waals surface area contributed by atoms with E-state index in [1.54, 1.807) is 24.0 Å².